The molecule has 0 radical (unpaired) electrons. The minimum atomic E-state index is -0.550. The van der Waals surface area contributed by atoms with Gasteiger partial charge in [0, 0.05) is 10.0 Å². The lowest BCUT2D eigenvalue weighted by molar-refractivity contribution is 0.155. The van der Waals surface area contributed by atoms with E-state index in [0.29, 0.717) is 5.13 Å². The summed E-state index contributed by atoms with van der Waals surface area (Å²) in [5.74, 6) is 0. The molecule has 0 spiro atoms. The first-order chi connectivity index (χ1) is 11.2. The summed E-state index contributed by atoms with van der Waals surface area (Å²) in [7, 11) is 0. The quantitative estimate of drug-likeness (QED) is 0.701. The highest BCUT2D eigenvalue weighted by molar-refractivity contribution is 9.10. The number of carbonyl (C=O) groups excluding carboxylic acids is 1. The second-order valence-electron chi connectivity index (χ2n) is 4.61. The highest BCUT2D eigenvalue weighted by Gasteiger charge is 2.10. The second-order valence-corrected chi connectivity index (χ2v) is 6.50. The number of carbonyl (C=O) groups is 1. The van der Waals surface area contributed by atoms with Crippen LogP contribution in [-0.4, -0.2) is 16.3 Å². The maximum Gasteiger partial charge on any atom is 0.413 e. The molecule has 5 nitrogen and oxygen atoms in total. The van der Waals surface area contributed by atoms with E-state index in [1.165, 1.54) is 11.3 Å². The zero-order valence-electron chi connectivity index (χ0n) is 11.9. The highest BCUT2D eigenvalue weighted by Crippen LogP contribution is 2.28. The van der Waals surface area contributed by atoms with E-state index in [9.17, 15) is 4.79 Å². The van der Waals surface area contributed by atoms with Gasteiger partial charge in [-0.3, -0.25) is 5.32 Å². The molecule has 1 aromatic heterocycles. The van der Waals surface area contributed by atoms with Crippen LogP contribution in [0, 0.1) is 0 Å². The Labute approximate surface area is 145 Å². The van der Waals surface area contributed by atoms with Crippen LogP contribution in [0.15, 0.2) is 59.1 Å². The van der Waals surface area contributed by atoms with Crippen molar-refractivity contribution in [1.29, 1.82) is 0 Å². The monoisotopic (exact) mass is 389 g/mol. The molecule has 3 aromatic rings. The van der Waals surface area contributed by atoms with Crippen LogP contribution in [0.2, 0.25) is 0 Å². The number of ether oxygens (including phenoxy) is 1. The molecule has 0 fully saturated rings. The number of halogens is 1. The van der Waals surface area contributed by atoms with E-state index in [4.69, 9.17) is 4.74 Å². The number of hydrogen-bond acceptors (Lipinski definition) is 5. The van der Waals surface area contributed by atoms with E-state index in [1.54, 1.807) is 0 Å². The molecule has 23 heavy (non-hydrogen) atoms. The summed E-state index contributed by atoms with van der Waals surface area (Å²) in [6.07, 6.45) is -0.550. The fourth-order valence-corrected chi connectivity index (χ4v) is 2.98. The van der Waals surface area contributed by atoms with Gasteiger partial charge in [-0.15, -0.1) is 10.2 Å². The smallest absolute Gasteiger partial charge is 0.413 e. The molecule has 0 atom stereocenters. The van der Waals surface area contributed by atoms with Crippen LogP contribution in [0.3, 0.4) is 0 Å². The molecule has 7 heteroatoms. The number of aromatic nitrogens is 2. The highest BCUT2D eigenvalue weighted by atomic mass is 79.9. The van der Waals surface area contributed by atoms with Gasteiger partial charge < -0.3 is 4.74 Å². The Morgan fingerprint density at radius 3 is 2.74 bits per heavy atom. The van der Waals surface area contributed by atoms with Crippen molar-refractivity contribution in [3.63, 3.8) is 0 Å². The Hall–Kier alpha value is -2.25. The molecule has 1 N–H and O–H groups in total. The van der Waals surface area contributed by atoms with Crippen molar-refractivity contribution in [2.45, 2.75) is 6.61 Å². The molecule has 3 rings (SSSR count). The molecule has 0 aliphatic rings. The predicted molar refractivity (Wildman–Crippen MR) is 93.3 cm³/mol. The lowest BCUT2D eigenvalue weighted by Crippen LogP contribution is -2.13. The maximum absolute atomic E-state index is 11.8. The Morgan fingerprint density at radius 1 is 1.13 bits per heavy atom. The molecule has 0 aliphatic carbocycles. The normalized spacial score (nSPS) is 10.3. The predicted octanol–water partition coefficient (Wildman–Crippen LogP) is 4.72. The third-order valence-electron chi connectivity index (χ3n) is 2.92. The average Bonchev–Trinajstić information content (AvgIpc) is 3.02. The molecule has 0 aliphatic heterocycles. The summed E-state index contributed by atoms with van der Waals surface area (Å²) in [6, 6.07) is 17.2. The molecule has 116 valence electrons. The molecular formula is C16H12BrN3O2S. The van der Waals surface area contributed by atoms with Crippen LogP contribution < -0.4 is 5.32 Å². The van der Waals surface area contributed by atoms with E-state index in [0.717, 1.165) is 20.6 Å². The first-order valence-electron chi connectivity index (χ1n) is 6.78. The second kappa shape index (κ2) is 7.34. The minimum absolute atomic E-state index is 0.212. The van der Waals surface area contributed by atoms with Crippen molar-refractivity contribution < 1.29 is 9.53 Å². The Balaban J connectivity index is 1.59. The standard InChI is InChI=1S/C16H12BrN3O2S/c17-13-8-4-7-12(9-13)14-19-20-15(23-14)18-16(21)22-10-11-5-2-1-3-6-11/h1-9H,10H2,(H,18,20,21). The van der Waals surface area contributed by atoms with Gasteiger partial charge in [0.25, 0.3) is 0 Å². The average molecular weight is 390 g/mol. The van der Waals surface area contributed by atoms with E-state index < -0.39 is 6.09 Å². The summed E-state index contributed by atoms with van der Waals surface area (Å²) >= 11 is 4.71. The summed E-state index contributed by atoms with van der Waals surface area (Å²) < 4.78 is 6.11. The van der Waals surface area contributed by atoms with Gasteiger partial charge in [0.2, 0.25) is 5.13 Å². The number of nitrogens with one attached hydrogen (secondary N) is 1. The van der Waals surface area contributed by atoms with Crippen molar-refractivity contribution in [3.05, 3.63) is 64.6 Å². The van der Waals surface area contributed by atoms with Crippen LogP contribution in [0.1, 0.15) is 5.56 Å². The molecule has 0 saturated heterocycles. The number of anilines is 1. The van der Waals surface area contributed by atoms with Gasteiger partial charge in [0.15, 0.2) is 0 Å². The topological polar surface area (TPSA) is 64.1 Å². The van der Waals surface area contributed by atoms with Crippen molar-refractivity contribution in [1.82, 2.24) is 10.2 Å². The minimum Gasteiger partial charge on any atom is -0.444 e. The lowest BCUT2D eigenvalue weighted by atomic mass is 10.2. The van der Waals surface area contributed by atoms with Crippen LogP contribution in [0.25, 0.3) is 10.6 Å². The van der Waals surface area contributed by atoms with Crippen LogP contribution in [0.5, 0.6) is 0 Å². The zero-order chi connectivity index (χ0) is 16.1. The lowest BCUT2D eigenvalue weighted by Gasteiger charge is -2.04. The maximum atomic E-state index is 11.8. The van der Waals surface area contributed by atoms with Crippen LogP contribution in [0.4, 0.5) is 9.93 Å². The summed E-state index contributed by atoms with van der Waals surface area (Å²) in [5, 5.41) is 11.8. The third kappa shape index (κ3) is 4.37. The number of amides is 1. The number of nitrogens with zero attached hydrogens (tertiary/aromatic N) is 2. The molecule has 0 saturated carbocycles. The number of rotatable bonds is 4. The first kappa shape index (κ1) is 15.6. The molecule has 0 bridgehead atoms. The number of hydrogen-bond donors (Lipinski definition) is 1. The van der Waals surface area contributed by atoms with E-state index in [2.05, 4.69) is 31.4 Å². The third-order valence-corrected chi connectivity index (χ3v) is 4.30. The van der Waals surface area contributed by atoms with Gasteiger partial charge in [-0.25, -0.2) is 4.79 Å². The Kier molecular flexibility index (Phi) is 4.99. The van der Waals surface area contributed by atoms with Gasteiger partial charge in [-0.1, -0.05) is 69.7 Å². The fraction of sp³-hybridized carbons (Fsp3) is 0.0625. The fourth-order valence-electron chi connectivity index (χ4n) is 1.86. The molecule has 1 amide bonds. The van der Waals surface area contributed by atoms with E-state index in [1.807, 2.05) is 54.6 Å². The largest absolute Gasteiger partial charge is 0.444 e. The van der Waals surface area contributed by atoms with Crippen molar-refractivity contribution in [2.24, 2.45) is 0 Å². The van der Waals surface area contributed by atoms with Crippen molar-refractivity contribution >= 4 is 38.5 Å². The SMILES string of the molecule is O=C(Nc1nnc(-c2cccc(Br)c2)s1)OCc1ccccc1. The first-order valence-corrected chi connectivity index (χ1v) is 8.39. The molecule has 2 aromatic carbocycles. The van der Waals surface area contributed by atoms with Gasteiger partial charge >= 0.3 is 6.09 Å². The Bertz CT molecular complexity index is 808. The van der Waals surface area contributed by atoms with Crippen molar-refractivity contribution in [2.75, 3.05) is 5.32 Å². The molecular weight excluding hydrogens is 378 g/mol. The van der Waals surface area contributed by atoms with E-state index >= 15 is 0 Å². The van der Waals surface area contributed by atoms with E-state index in [-0.39, 0.29) is 6.61 Å². The molecule has 1 heterocycles. The number of benzene rings is 2. The zero-order valence-corrected chi connectivity index (χ0v) is 14.3. The summed E-state index contributed by atoms with van der Waals surface area (Å²) in [4.78, 5) is 11.8. The van der Waals surface area contributed by atoms with Crippen LogP contribution in [-0.2, 0) is 11.3 Å². The van der Waals surface area contributed by atoms with Gasteiger partial charge in [0.05, 0.1) is 0 Å². The van der Waals surface area contributed by atoms with Gasteiger partial charge in [-0.05, 0) is 17.7 Å². The van der Waals surface area contributed by atoms with Crippen LogP contribution >= 0.6 is 27.3 Å². The Morgan fingerprint density at radius 2 is 1.96 bits per heavy atom. The van der Waals surface area contributed by atoms with Gasteiger partial charge in [0.1, 0.15) is 11.6 Å². The van der Waals surface area contributed by atoms with Crippen molar-refractivity contribution in [3.8, 4) is 10.6 Å². The molecule has 0 unspecified atom stereocenters. The van der Waals surface area contributed by atoms with Gasteiger partial charge in [-0.2, -0.15) is 0 Å². The summed E-state index contributed by atoms with van der Waals surface area (Å²) in [6.45, 7) is 0.212. The summed E-state index contributed by atoms with van der Waals surface area (Å²) in [5.41, 5.74) is 1.86.